The zero-order chi connectivity index (χ0) is 13.7. The summed E-state index contributed by atoms with van der Waals surface area (Å²) in [5, 5.41) is 3.19. The van der Waals surface area contributed by atoms with E-state index in [1.807, 2.05) is 50.2 Å². The zero-order valence-electron chi connectivity index (χ0n) is 11.2. The quantitative estimate of drug-likeness (QED) is 0.868. The van der Waals surface area contributed by atoms with E-state index in [2.05, 4.69) is 5.32 Å². The summed E-state index contributed by atoms with van der Waals surface area (Å²) in [4.78, 5) is 1.73. The number of rotatable bonds is 5. The maximum absolute atomic E-state index is 14.0. The molecular formula is C16H18FNS. The van der Waals surface area contributed by atoms with Gasteiger partial charge in [-0.1, -0.05) is 42.4 Å². The fourth-order valence-electron chi connectivity index (χ4n) is 1.74. The lowest BCUT2D eigenvalue weighted by atomic mass is 10.2. The average Bonchev–Trinajstić information content (AvgIpc) is 2.41. The smallest absolute Gasteiger partial charge is 0.137 e. The van der Waals surface area contributed by atoms with Crippen LogP contribution in [-0.2, 0) is 6.54 Å². The van der Waals surface area contributed by atoms with Gasteiger partial charge in [0.25, 0.3) is 0 Å². The first-order valence-electron chi connectivity index (χ1n) is 6.42. The molecule has 0 spiro atoms. The van der Waals surface area contributed by atoms with Gasteiger partial charge in [-0.2, -0.15) is 0 Å². The fraction of sp³-hybridized carbons (Fsp3) is 0.250. The highest BCUT2D eigenvalue weighted by Crippen LogP contribution is 2.30. The summed E-state index contributed by atoms with van der Waals surface area (Å²) in [6.45, 7) is 5.69. The molecule has 1 nitrogen and oxygen atoms in total. The van der Waals surface area contributed by atoms with E-state index in [9.17, 15) is 4.39 Å². The first kappa shape index (κ1) is 14.1. The minimum absolute atomic E-state index is 0.152. The normalized spacial score (nSPS) is 10.7. The maximum atomic E-state index is 14.0. The molecule has 2 aromatic rings. The molecule has 0 aromatic heterocycles. The Kier molecular flexibility index (Phi) is 5.00. The molecule has 100 valence electrons. The molecule has 3 heteroatoms. The molecule has 0 heterocycles. The van der Waals surface area contributed by atoms with E-state index in [0.717, 1.165) is 17.0 Å². The van der Waals surface area contributed by atoms with Gasteiger partial charge in [-0.3, -0.25) is 0 Å². The van der Waals surface area contributed by atoms with Crippen molar-refractivity contribution in [1.82, 2.24) is 5.32 Å². The van der Waals surface area contributed by atoms with E-state index in [1.54, 1.807) is 6.07 Å². The van der Waals surface area contributed by atoms with E-state index in [4.69, 9.17) is 0 Å². The summed E-state index contributed by atoms with van der Waals surface area (Å²) < 4.78 is 14.0. The Balaban J connectivity index is 2.10. The van der Waals surface area contributed by atoms with Crippen LogP contribution in [0.5, 0.6) is 0 Å². The van der Waals surface area contributed by atoms with Gasteiger partial charge in [-0.25, -0.2) is 4.39 Å². The van der Waals surface area contributed by atoms with Gasteiger partial charge in [0.1, 0.15) is 5.82 Å². The molecule has 0 aliphatic carbocycles. The summed E-state index contributed by atoms with van der Waals surface area (Å²) in [7, 11) is 0. The van der Waals surface area contributed by atoms with Crippen LogP contribution in [-0.4, -0.2) is 6.54 Å². The minimum atomic E-state index is -0.152. The van der Waals surface area contributed by atoms with Crippen LogP contribution in [0.1, 0.15) is 18.1 Å². The van der Waals surface area contributed by atoms with Crippen molar-refractivity contribution in [2.75, 3.05) is 6.54 Å². The summed E-state index contributed by atoms with van der Waals surface area (Å²) in [5.74, 6) is -0.152. The maximum Gasteiger partial charge on any atom is 0.137 e. The number of benzene rings is 2. The van der Waals surface area contributed by atoms with Gasteiger partial charge in [0, 0.05) is 16.3 Å². The molecule has 2 rings (SSSR count). The lowest BCUT2D eigenvalue weighted by Crippen LogP contribution is -2.11. The molecule has 0 saturated heterocycles. The summed E-state index contributed by atoms with van der Waals surface area (Å²) in [6.07, 6.45) is 0. The van der Waals surface area contributed by atoms with Crippen molar-refractivity contribution in [3.05, 3.63) is 59.4 Å². The standard InChI is InChI=1S/C16H18FNS/c1-3-18-11-13-6-9-16(15(17)10-13)19-14-7-4-12(2)5-8-14/h4-10,18H,3,11H2,1-2H3. The van der Waals surface area contributed by atoms with Gasteiger partial charge in [0.2, 0.25) is 0 Å². The number of hydrogen-bond donors (Lipinski definition) is 1. The third-order valence-corrected chi connectivity index (χ3v) is 3.88. The second-order valence-corrected chi connectivity index (χ2v) is 5.58. The molecular weight excluding hydrogens is 257 g/mol. The van der Waals surface area contributed by atoms with Crippen molar-refractivity contribution >= 4 is 11.8 Å². The minimum Gasteiger partial charge on any atom is -0.313 e. The van der Waals surface area contributed by atoms with E-state index in [1.165, 1.54) is 17.3 Å². The molecule has 0 unspecified atom stereocenters. The van der Waals surface area contributed by atoms with Crippen molar-refractivity contribution in [3.63, 3.8) is 0 Å². The Hall–Kier alpha value is -1.32. The third kappa shape index (κ3) is 4.08. The van der Waals surface area contributed by atoms with Crippen LogP contribution < -0.4 is 5.32 Å². The topological polar surface area (TPSA) is 12.0 Å². The fourth-order valence-corrected chi connectivity index (χ4v) is 2.56. The van der Waals surface area contributed by atoms with Crippen molar-refractivity contribution in [2.45, 2.75) is 30.2 Å². The molecule has 0 saturated carbocycles. The van der Waals surface area contributed by atoms with Gasteiger partial charge >= 0.3 is 0 Å². The molecule has 2 aromatic carbocycles. The van der Waals surface area contributed by atoms with E-state index in [-0.39, 0.29) is 5.82 Å². The van der Waals surface area contributed by atoms with Crippen LogP contribution in [0.3, 0.4) is 0 Å². The van der Waals surface area contributed by atoms with Crippen molar-refractivity contribution in [3.8, 4) is 0 Å². The molecule has 0 amide bonds. The highest BCUT2D eigenvalue weighted by Gasteiger charge is 2.05. The summed E-state index contributed by atoms with van der Waals surface area (Å²) >= 11 is 1.46. The Morgan fingerprint density at radius 2 is 1.84 bits per heavy atom. The molecule has 0 aliphatic heterocycles. The molecule has 0 fully saturated rings. The van der Waals surface area contributed by atoms with Crippen LogP contribution in [0, 0.1) is 12.7 Å². The Labute approximate surface area is 118 Å². The number of hydrogen-bond acceptors (Lipinski definition) is 2. The lowest BCUT2D eigenvalue weighted by molar-refractivity contribution is 0.596. The first-order chi connectivity index (χ1) is 9.19. The predicted molar refractivity (Wildman–Crippen MR) is 79.1 cm³/mol. The van der Waals surface area contributed by atoms with Crippen LogP contribution in [0.4, 0.5) is 4.39 Å². The average molecular weight is 275 g/mol. The highest BCUT2D eigenvalue weighted by atomic mass is 32.2. The Morgan fingerprint density at radius 1 is 1.11 bits per heavy atom. The predicted octanol–water partition coefficient (Wildman–Crippen LogP) is 4.39. The van der Waals surface area contributed by atoms with Crippen LogP contribution in [0.15, 0.2) is 52.3 Å². The highest BCUT2D eigenvalue weighted by molar-refractivity contribution is 7.99. The molecule has 0 radical (unpaired) electrons. The monoisotopic (exact) mass is 275 g/mol. The van der Waals surface area contributed by atoms with Gasteiger partial charge in [0.15, 0.2) is 0 Å². The molecule has 0 atom stereocenters. The summed E-state index contributed by atoms with van der Waals surface area (Å²) in [6, 6.07) is 13.6. The molecule has 0 aliphatic rings. The van der Waals surface area contributed by atoms with Crippen molar-refractivity contribution in [1.29, 1.82) is 0 Å². The van der Waals surface area contributed by atoms with E-state index < -0.39 is 0 Å². The lowest BCUT2D eigenvalue weighted by Gasteiger charge is -2.07. The second-order valence-electron chi connectivity index (χ2n) is 4.46. The van der Waals surface area contributed by atoms with Gasteiger partial charge in [-0.15, -0.1) is 0 Å². The Bertz CT molecular complexity index is 537. The van der Waals surface area contributed by atoms with E-state index >= 15 is 0 Å². The Morgan fingerprint density at radius 3 is 2.47 bits per heavy atom. The largest absolute Gasteiger partial charge is 0.313 e. The third-order valence-electron chi connectivity index (χ3n) is 2.82. The number of nitrogens with one attached hydrogen (secondary N) is 1. The molecule has 19 heavy (non-hydrogen) atoms. The van der Waals surface area contributed by atoms with Gasteiger partial charge < -0.3 is 5.32 Å². The SMILES string of the molecule is CCNCc1ccc(Sc2ccc(C)cc2)c(F)c1. The van der Waals surface area contributed by atoms with Gasteiger partial charge in [-0.05, 0) is 43.3 Å². The van der Waals surface area contributed by atoms with Gasteiger partial charge in [0.05, 0.1) is 0 Å². The number of halogens is 1. The van der Waals surface area contributed by atoms with Crippen LogP contribution in [0.2, 0.25) is 0 Å². The van der Waals surface area contributed by atoms with Crippen molar-refractivity contribution in [2.24, 2.45) is 0 Å². The number of aryl methyl sites for hydroxylation is 1. The molecule has 1 N–H and O–H groups in total. The zero-order valence-corrected chi connectivity index (χ0v) is 12.1. The van der Waals surface area contributed by atoms with Crippen LogP contribution in [0.25, 0.3) is 0 Å². The second kappa shape index (κ2) is 6.73. The van der Waals surface area contributed by atoms with Crippen molar-refractivity contribution < 1.29 is 4.39 Å². The summed E-state index contributed by atoms with van der Waals surface area (Å²) in [5.41, 5.74) is 2.19. The van der Waals surface area contributed by atoms with Crippen LogP contribution >= 0.6 is 11.8 Å². The molecule has 0 bridgehead atoms. The first-order valence-corrected chi connectivity index (χ1v) is 7.24. The van der Waals surface area contributed by atoms with E-state index in [0.29, 0.717) is 11.4 Å².